The maximum Gasteiger partial charge on any atom is 0.442 e. The minimum Gasteiger partial charge on any atom is -0.448 e. The number of carbonyl (C=O) groups is 1. The predicted molar refractivity (Wildman–Crippen MR) is 62.6 cm³/mol. The molecule has 0 aromatic heterocycles. The number of carbonyl (C=O) groups excluding carboxylic acids is 1. The predicted octanol–water partition coefficient (Wildman–Crippen LogP) is 1.88. The highest BCUT2D eigenvalue weighted by Crippen LogP contribution is 2.14. The van der Waals surface area contributed by atoms with Crippen LogP contribution >= 0.6 is 0 Å². The Balaban J connectivity index is 3.06. The molecule has 0 unspecified atom stereocenters. The highest BCUT2D eigenvalue weighted by molar-refractivity contribution is 7.93. The maximum atomic E-state index is 12.1. The van der Waals surface area contributed by atoms with Gasteiger partial charge in [-0.2, -0.15) is 0 Å². The van der Waals surface area contributed by atoms with Crippen molar-refractivity contribution in [3.8, 4) is 0 Å². The molecule has 0 bridgehead atoms. The number of nitrogens with zero attached hydrogens (tertiary/aromatic N) is 1. The molecule has 0 heterocycles. The van der Waals surface area contributed by atoms with Crippen LogP contribution in [0.1, 0.15) is 6.92 Å². The van der Waals surface area contributed by atoms with Crippen molar-refractivity contribution in [3.63, 3.8) is 0 Å². The quantitative estimate of drug-likeness (QED) is 0.803. The molecule has 1 rings (SSSR count). The highest BCUT2D eigenvalue weighted by Gasteiger charge is 2.09. The summed E-state index contributed by atoms with van der Waals surface area (Å²) in [5.41, 5.74) is 6.07. The molecule has 0 aliphatic rings. The van der Waals surface area contributed by atoms with Gasteiger partial charge in [-0.15, -0.1) is 4.36 Å². The first-order valence-corrected chi connectivity index (χ1v) is 6.62. The Kier molecular flexibility index (Phi) is 3.89. The Morgan fingerprint density at radius 1 is 1.44 bits per heavy atom. The van der Waals surface area contributed by atoms with Crippen LogP contribution in [-0.2, 0) is 14.5 Å². The Bertz CT molecular complexity index is 487. The normalized spacial score (nSPS) is 13.9. The minimum absolute atomic E-state index is 0.208. The van der Waals surface area contributed by atoms with Gasteiger partial charge in [-0.3, -0.25) is 0 Å². The number of rotatable bonds is 2. The van der Waals surface area contributed by atoms with Crippen molar-refractivity contribution in [2.45, 2.75) is 11.8 Å². The van der Waals surface area contributed by atoms with Gasteiger partial charge in [-0.05, 0) is 31.2 Å². The second-order valence-electron chi connectivity index (χ2n) is 3.16. The third-order valence-electron chi connectivity index (χ3n) is 1.83. The molecule has 1 aromatic rings. The lowest BCUT2D eigenvalue weighted by atomic mass is 10.3. The Morgan fingerprint density at radius 3 is 2.50 bits per heavy atom. The molecule has 0 saturated heterocycles. The van der Waals surface area contributed by atoms with Crippen LogP contribution in [0.4, 0.5) is 10.5 Å². The lowest BCUT2D eigenvalue weighted by Crippen LogP contribution is -2.05. The van der Waals surface area contributed by atoms with E-state index in [-0.39, 0.29) is 6.61 Å². The number of nitrogen functional groups attached to an aromatic ring is 1. The summed E-state index contributed by atoms with van der Waals surface area (Å²) < 4.78 is 20.2. The summed E-state index contributed by atoms with van der Waals surface area (Å²) in [6, 6.07) is 6.39. The van der Waals surface area contributed by atoms with E-state index in [1.807, 2.05) is 0 Å². The summed E-state index contributed by atoms with van der Waals surface area (Å²) in [5.74, 6) is 0. The van der Waals surface area contributed by atoms with Crippen molar-refractivity contribution in [1.82, 2.24) is 0 Å². The molecule has 0 saturated carbocycles. The molecule has 1 aromatic carbocycles. The van der Waals surface area contributed by atoms with Crippen molar-refractivity contribution in [1.29, 1.82) is 0 Å². The number of nitrogens with two attached hydrogens (primary N) is 1. The summed E-state index contributed by atoms with van der Waals surface area (Å²) in [6.45, 7) is 1.87. The van der Waals surface area contributed by atoms with Crippen LogP contribution in [0.3, 0.4) is 0 Å². The molecule has 0 aliphatic carbocycles. The number of anilines is 1. The zero-order valence-electron chi connectivity index (χ0n) is 9.17. The first-order valence-electron chi connectivity index (χ1n) is 4.70. The topological polar surface area (TPSA) is 81.8 Å². The van der Waals surface area contributed by atoms with E-state index in [2.05, 4.69) is 9.10 Å². The highest BCUT2D eigenvalue weighted by atomic mass is 32.2. The molecule has 5 nitrogen and oxygen atoms in total. The van der Waals surface area contributed by atoms with Crippen LogP contribution in [0.2, 0.25) is 0 Å². The fraction of sp³-hybridized carbons (Fsp3) is 0.300. The van der Waals surface area contributed by atoms with Gasteiger partial charge in [0.1, 0.15) is 0 Å². The second-order valence-corrected chi connectivity index (χ2v) is 5.42. The molecule has 0 spiro atoms. The number of benzene rings is 1. The molecule has 88 valence electrons. The number of hydrogen-bond donors (Lipinski definition) is 1. The fourth-order valence-corrected chi connectivity index (χ4v) is 2.15. The molecule has 1 amide bonds. The zero-order chi connectivity index (χ0) is 12.2. The third-order valence-corrected chi connectivity index (χ3v) is 3.48. The second kappa shape index (κ2) is 4.98. The Labute approximate surface area is 94.8 Å². The smallest absolute Gasteiger partial charge is 0.442 e. The van der Waals surface area contributed by atoms with E-state index >= 15 is 0 Å². The summed E-state index contributed by atoms with van der Waals surface area (Å²) in [7, 11) is -2.75. The monoisotopic (exact) mass is 242 g/mol. The van der Waals surface area contributed by atoms with Crippen LogP contribution in [0.25, 0.3) is 0 Å². The Morgan fingerprint density at radius 2 is 2.00 bits per heavy atom. The van der Waals surface area contributed by atoms with Gasteiger partial charge in [0.25, 0.3) is 0 Å². The van der Waals surface area contributed by atoms with Crippen molar-refractivity contribution in [2.24, 2.45) is 4.36 Å². The van der Waals surface area contributed by atoms with Gasteiger partial charge < -0.3 is 10.5 Å². The van der Waals surface area contributed by atoms with Gasteiger partial charge in [0.15, 0.2) is 0 Å². The lowest BCUT2D eigenvalue weighted by Gasteiger charge is -2.04. The van der Waals surface area contributed by atoms with E-state index in [4.69, 9.17) is 5.73 Å². The van der Waals surface area contributed by atoms with Crippen LogP contribution in [0.15, 0.2) is 33.5 Å². The van der Waals surface area contributed by atoms with E-state index in [0.717, 1.165) is 0 Å². The first kappa shape index (κ1) is 12.5. The van der Waals surface area contributed by atoms with E-state index in [0.29, 0.717) is 10.6 Å². The number of amides is 1. The first-order chi connectivity index (χ1) is 7.45. The largest absolute Gasteiger partial charge is 0.448 e. The molecule has 2 N–H and O–H groups in total. The average molecular weight is 242 g/mol. The van der Waals surface area contributed by atoms with Crippen LogP contribution in [-0.4, -0.2) is 23.2 Å². The van der Waals surface area contributed by atoms with Crippen molar-refractivity contribution in [2.75, 3.05) is 18.6 Å². The minimum atomic E-state index is -2.75. The Hall–Kier alpha value is -1.56. The third kappa shape index (κ3) is 3.23. The van der Waals surface area contributed by atoms with E-state index in [1.54, 1.807) is 31.2 Å². The molecule has 16 heavy (non-hydrogen) atoms. The van der Waals surface area contributed by atoms with Gasteiger partial charge in [0, 0.05) is 16.8 Å². The van der Waals surface area contributed by atoms with E-state index in [9.17, 15) is 9.00 Å². The van der Waals surface area contributed by atoms with E-state index in [1.165, 1.54) is 6.26 Å². The molecule has 0 radical (unpaired) electrons. The molecular formula is C10H14N2O3S. The average Bonchev–Trinajstić information content (AvgIpc) is 2.17. The van der Waals surface area contributed by atoms with E-state index < -0.39 is 15.8 Å². The van der Waals surface area contributed by atoms with Crippen LogP contribution in [0, 0.1) is 0 Å². The molecule has 0 fully saturated rings. The van der Waals surface area contributed by atoms with Crippen molar-refractivity contribution < 1.29 is 13.7 Å². The number of ether oxygens (including phenoxy) is 1. The summed E-state index contributed by atoms with van der Waals surface area (Å²) >= 11 is 0. The lowest BCUT2D eigenvalue weighted by molar-refractivity contribution is 0.164. The van der Waals surface area contributed by atoms with Gasteiger partial charge in [0.2, 0.25) is 0 Å². The molecule has 1 atom stereocenters. The summed E-state index contributed by atoms with van der Waals surface area (Å²) in [4.78, 5) is 11.6. The zero-order valence-corrected chi connectivity index (χ0v) is 9.99. The van der Waals surface area contributed by atoms with Gasteiger partial charge in [-0.25, -0.2) is 9.00 Å². The summed E-state index contributed by atoms with van der Waals surface area (Å²) in [6.07, 6.45) is 0.571. The molecule has 6 heteroatoms. The fourth-order valence-electron chi connectivity index (χ4n) is 1.07. The SMILES string of the molecule is CCOC(=O)N=[S@@](C)(=O)c1ccc(N)cc1. The van der Waals surface area contributed by atoms with Crippen LogP contribution in [0.5, 0.6) is 0 Å². The van der Waals surface area contributed by atoms with Gasteiger partial charge in [-0.1, -0.05) is 0 Å². The maximum absolute atomic E-state index is 12.1. The molecule has 0 aliphatic heterocycles. The van der Waals surface area contributed by atoms with Crippen molar-refractivity contribution in [3.05, 3.63) is 24.3 Å². The van der Waals surface area contributed by atoms with Gasteiger partial charge >= 0.3 is 6.09 Å². The molecular weight excluding hydrogens is 228 g/mol. The van der Waals surface area contributed by atoms with Gasteiger partial charge in [0.05, 0.1) is 16.3 Å². The standard InChI is InChI=1S/C10H14N2O3S/c1-3-15-10(13)12-16(2,14)9-6-4-8(11)5-7-9/h4-7H,3,11H2,1-2H3/t16-/m0/s1. The summed E-state index contributed by atoms with van der Waals surface area (Å²) in [5, 5.41) is 0. The van der Waals surface area contributed by atoms with Crippen molar-refractivity contribution >= 4 is 21.5 Å². The number of hydrogen-bond acceptors (Lipinski definition) is 4. The van der Waals surface area contributed by atoms with Crippen LogP contribution < -0.4 is 5.73 Å².